The lowest BCUT2D eigenvalue weighted by Gasteiger charge is -2.21. The number of carbonyl (C=O) groups excluding carboxylic acids is 3. The maximum absolute atomic E-state index is 12.9. The average Bonchev–Trinajstić information content (AvgIpc) is 3.47. The van der Waals surface area contributed by atoms with Crippen LogP contribution in [0.2, 0.25) is 0 Å². The first-order chi connectivity index (χ1) is 14.4. The quantitative estimate of drug-likeness (QED) is 0.595. The topological polar surface area (TPSA) is 91.7 Å². The molecular formula is C22H21N3O4S. The Balaban J connectivity index is 1.52. The Labute approximate surface area is 177 Å². The predicted octanol–water partition coefficient (Wildman–Crippen LogP) is 3.32. The van der Waals surface area contributed by atoms with Crippen molar-refractivity contribution in [1.29, 1.82) is 0 Å². The molecule has 4 rings (SSSR count). The second-order valence-electron chi connectivity index (χ2n) is 7.35. The summed E-state index contributed by atoms with van der Waals surface area (Å²) in [6.07, 6.45) is 1.43. The first-order valence-electron chi connectivity index (χ1n) is 9.46. The second kappa shape index (κ2) is 7.79. The van der Waals surface area contributed by atoms with Crippen molar-refractivity contribution in [2.45, 2.75) is 25.4 Å². The number of furan rings is 1. The van der Waals surface area contributed by atoms with Crippen LogP contribution in [0.4, 0.5) is 4.79 Å². The number of nitrogens with zero attached hydrogens (tertiary/aromatic N) is 1. The maximum Gasteiger partial charge on any atom is 0.325 e. The van der Waals surface area contributed by atoms with Crippen molar-refractivity contribution >= 4 is 29.2 Å². The summed E-state index contributed by atoms with van der Waals surface area (Å²) in [7, 11) is 0. The van der Waals surface area contributed by atoms with Gasteiger partial charge in [0.15, 0.2) is 5.54 Å². The van der Waals surface area contributed by atoms with Crippen LogP contribution in [0.5, 0.6) is 0 Å². The fourth-order valence-corrected chi connectivity index (χ4v) is 4.26. The zero-order valence-corrected chi connectivity index (χ0v) is 17.4. The summed E-state index contributed by atoms with van der Waals surface area (Å²) in [5, 5.41) is 7.52. The van der Waals surface area contributed by atoms with Crippen molar-refractivity contribution < 1.29 is 18.8 Å². The Kier molecular flexibility index (Phi) is 5.17. The molecule has 0 radical (unpaired) electrons. The first kappa shape index (κ1) is 19.9. The van der Waals surface area contributed by atoms with Crippen LogP contribution < -0.4 is 10.6 Å². The third-order valence-corrected chi connectivity index (χ3v) is 6.07. The second-order valence-corrected chi connectivity index (χ2v) is 8.33. The number of amides is 4. The van der Waals surface area contributed by atoms with E-state index in [0.29, 0.717) is 5.76 Å². The molecule has 1 aliphatic heterocycles. The number of urea groups is 1. The third kappa shape index (κ3) is 3.61. The monoisotopic (exact) mass is 423 g/mol. The van der Waals surface area contributed by atoms with Crippen LogP contribution in [0, 0.1) is 6.92 Å². The van der Waals surface area contributed by atoms with Gasteiger partial charge in [0.05, 0.1) is 12.3 Å². The lowest BCUT2D eigenvalue weighted by molar-refractivity contribution is -0.135. The van der Waals surface area contributed by atoms with Crippen molar-refractivity contribution in [3.8, 4) is 0 Å². The van der Waals surface area contributed by atoms with E-state index in [1.165, 1.54) is 17.6 Å². The molecule has 0 aliphatic carbocycles. The highest BCUT2D eigenvalue weighted by atomic mass is 32.1. The molecule has 0 bridgehead atoms. The zero-order valence-electron chi connectivity index (χ0n) is 16.5. The summed E-state index contributed by atoms with van der Waals surface area (Å²) in [5.41, 5.74) is 0.714. The van der Waals surface area contributed by atoms with E-state index in [9.17, 15) is 14.4 Å². The van der Waals surface area contributed by atoms with Crippen LogP contribution in [0.15, 0.2) is 64.6 Å². The fraction of sp³-hybridized carbons (Fsp3) is 0.227. The summed E-state index contributed by atoms with van der Waals surface area (Å²) in [4.78, 5) is 40.0. The van der Waals surface area contributed by atoms with Crippen LogP contribution in [0.1, 0.15) is 34.7 Å². The van der Waals surface area contributed by atoms with E-state index in [1.807, 2.05) is 48.7 Å². The lowest BCUT2D eigenvalue weighted by Crippen LogP contribution is -2.43. The van der Waals surface area contributed by atoms with Crippen molar-refractivity contribution in [2.24, 2.45) is 0 Å². The minimum atomic E-state index is -1.33. The summed E-state index contributed by atoms with van der Waals surface area (Å²) >= 11 is 1.53. The van der Waals surface area contributed by atoms with Crippen LogP contribution >= 0.6 is 11.3 Å². The Hall–Kier alpha value is -3.39. The molecule has 2 N–H and O–H groups in total. The zero-order chi connectivity index (χ0) is 21.3. The largest absolute Gasteiger partial charge is 0.466 e. The Morgan fingerprint density at radius 3 is 2.60 bits per heavy atom. The van der Waals surface area contributed by atoms with Gasteiger partial charge in [-0.1, -0.05) is 35.9 Å². The minimum absolute atomic E-state index is 0.319. The van der Waals surface area contributed by atoms with Crippen molar-refractivity contribution in [3.05, 3.63) is 81.9 Å². The smallest absolute Gasteiger partial charge is 0.325 e. The van der Waals surface area contributed by atoms with E-state index >= 15 is 0 Å². The minimum Gasteiger partial charge on any atom is -0.466 e. The molecule has 0 spiro atoms. The number of imide groups is 1. The number of hydrogen-bond donors (Lipinski definition) is 2. The van der Waals surface area contributed by atoms with E-state index < -0.39 is 23.4 Å². The van der Waals surface area contributed by atoms with Crippen LogP contribution in [-0.2, 0) is 15.1 Å². The highest BCUT2D eigenvalue weighted by molar-refractivity contribution is 7.10. The SMILES string of the molecule is Cc1ccc(C(NC(=O)CN2C(=O)NC(C)(c3ccco3)C2=O)c2cccs2)cc1. The molecule has 3 aromatic rings. The highest BCUT2D eigenvalue weighted by Crippen LogP contribution is 2.30. The number of rotatable bonds is 6. The molecular weight excluding hydrogens is 402 g/mol. The van der Waals surface area contributed by atoms with Crippen LogP contribution in [0.25, 0.3) is 0 Å². The predicted molar refractivity (Wildman–Crippen MR) is 112 cm³/mol. The van der Waals surface area contributed by atoms with Gasteiger partial charge in [-0.25, -0.2) is 4.79 Å². The molecule has 4 amide bonds. The number of aryl methyl sites for hydroxylation is 1. The molecule has 2 aromatic heterocycles. The summed E-state index contributed by atoms with van der Waals surface area (Å²) in [6.45, 7) is 3.18. The van der Waals surface area contributed by atoms with Gasteiger partial charge in [-0.3, -0.25) is 14.5 Å². The molecule has 1 fully saturated rings. The van der Waals surface area contributed by atoms with Gasteiger partial charge in [-0.05, 0) is 43.0 Å². The number of thiophene rings is 1. The molecule has 1 aromatic carbocycles. The molecule has 0 saturated carbocycles. The highest BCUT2D eigenvalue weighted by Gasteiger charge is 2.51. The molecule has 8 heteroatoms. The van der Waals surface area contributed by atoms with E-state index in [4.69, 9.17) is 4.42 Å². The van der Waals surface area contributed by atoms with Gasteiger partial charge in [0.1, 0.15) is 12.3 Å². The average molecular weight is 423 g/mol. The molecule has 1 saturated heterocycles. The van der Waals surface area contributed by atoms with E-state index in [2.05, 4.69) is 10.6 Å². The van der Waals surface area contributed by atoms with Gasteiger partial charge < -0.3 is 15.1 Å². The normalized spacial score (nSPS) is 19.6. The molecule has 2 unspecified atom stereocenters. The van der Waals surface area contributed by atoms with Gasteiger partial charge >= 0.3 is 6.03 Å². The standard InChI is InChI=1S/C22H21N3O4S/c1-14-7-9-15(10-8-14)19(16-5-4-12-30-16)23-18(26)13-25-20(27)22(2,24-21(25)28)17-6-3-11-29-17/h3-12,19H,13H2,1-2H3,(H,23,26)(H,24,28). The van der Waals surface area contributed by atoms with E-state index in [1.54, 1.807) is 19.1 Å². The van der Waals surface area contributed by atoms with E-state index in [0.717, 1.165) is 20.9 Å². The van der Waals surface area contributed by atoms with Gasteiger partial charge in [0.25, 0.3) is 5.91 Å². The fourth-order valence-electron chi connectivity index (χ4n) is 3.45. The molecule has 3 heterocycles. The summed E-state index contributed by atoms with van der Waals surface area (Å²) in [5.74, 6) is -0.637. The van der Waals surface area contributed by atoms with Gasteiger partial charge in [-0.2, -0.15) is 0 Å². The number of nitrogens with one attached hydrogen (secondary N) is 2. The van der Waals surface area contributed by atoms with Crippen LogP contribution in [-0.4, -0.2) is 29.3 Å². The number of benzene rings is 1. The lowest BCUT2D eigenvalue weighted by atomic mass is 9.99. The van der Waals surface area contributed by atoms with Gasteiger partial charge in [0.2, 0.25) is 5.91 Å². The Morgan fingerprint density at radius 1 is 1.20 bits per heavy atom. The molecule has 7 nitrogen and oxygen atoms in total. The maximum atomic E-state index is 12.9. The number of carbonyl (C=O) groups is 3. The number of hydrogen-bond acceptors (Lipinski definition) is 5. The van der Waals surface area contributed by atoms with Crippen molar-refractivity contribution in [3.63, 3.8) is 0 Å². The summed E-state index contributed by atoms with van der Waals surface area (Å²) < 4.78 is 5.31. The third-order valence-electron chi connectivity index (χ3n) is 5.13. The molecule has 154 valence electrons. The van der Waals surface area contributed by atoms with E-state index in [-0.39, 0.29) is 12.6 Å². The Bertz CT molecular complexity index is 1060. The van der Waals surface area contributed by atoms with Crippen molar-refractivity contribution in [1.82, 2.24) is 15.5 Å². The van der Waals surface area contributed by atoms with Crippen molar-refractivity contribution in [2.75, 3.05) is 6.54 Å². The van der Waals surface area contributed by atoms with Crippen LogP contribution in [0.3, 0.4) is 0 Å². The Morgan fingerprint density at radius 2 is 1.97 bits per heavy atom. The van der Waals surface area contributed by atoms with Gasteiger partial charge in [-0.15, -0.1) is 11.3 Å². The molecule has 2 atom stereocenters. The molecule has 1 aliphatic rings. The first-order valence-corrected chi connectivity index (χ1v) is 10.3. The van der Waals surface area contributed by atoms with Gasteiger partial charge in [0, 0.05) is 4.88 Å². The molecule has 30 heavy (non-hydrogen) atoms. The summed E-state index contributed by atoms with van der Waals surface area (Å²) in [6, 6.07) is 14.0.